The normalized spacial score (nSPS) is 17.4. The Bertz CT molecular complexity index is 1110. The van der Waals surface area contributed by atoms with Gasteiger partial charge in [-0.05, 0) is 56.5 Å². The van der Waals surface area contributed by atoms with Crippen molar-refractivity contribution in [3.8, 4) is 11.4 Å². The minimum atomic E-state index is -1.23. The van der Waals surface area contributed by atoms with Crippen molar-refractivity contribution >= 4 is 0 Å². The molecule has 7 nitrogen and oxygen atoms in total. The summed E-state index contributed by atoms with van der Waals surface area (Å²) >= 11 is 0. The zero-order chi connectivity index (χ0) is 23.3. The van der Waals surface area contributed by atoms with Crippen LogP contribution in [-0.4, -0.2) is 50.4 Å². The molecule has 0 radical (unpaired) electrons. The summed E-state index contributed by atoms with van der Waals surface area (Å²) in [6.07, 6.45) is 3.36. The number of rotatable bonds is 6. The van der Waals surface area contributed by atoms with Crippen molar-refractivity contribution in [1.82, 2.24) is 20.0 Å². The van der Waals surface area contributed by atoms with Gasteiger partial charge in [0.15, 0.2) is 0 Å². The first-order valence-corrected chi connectivity index (χ1v) is 11.0. The van der Waals surface area contributed by atoms with Crippen molar-refractivity contribution in [2.75, 3.05) is 20.1 Å². The molecule has 3 heterocycles. The first kappa shape index (κ1) is 22.6. The Kier molecular flexibility index (Phi) is 5.69. The van der Waals surface area contributed by atoms with Crippen LogP contribution in [0.1, 0.15) is 61.8 Å². The van der Waals surface area contributed by atoms with Crippen LogP contribution in [0.15, 0.2) is 41.2 Å². The van der Waals surface area contributed by atoms with E-state index < -0.39 is 11.2 Å². The summed E-state index contributed by atoms with van der Waals surface area (Å²) < 4.78 is 5.23. The van der Waals surface area contributed by atoms with Crippen LogP contribution in [0.3, 0.4) is 0 Å². The van der Waals surface area contributed by atoms with E-state index in [0.29, 0.717) is 22.9 Å². The summed E-state index contributed by atoms with van der Waals surface area (Å²) in [4.78, 5) is 10.9. The quantitative estimate of drug-likeness (QED) is 0.610. The average Bonchev–Trinajstić information content (AvgIpc) is 3.22. The van der Waals surface area contributed by atoms with Gasteiger partial charge in [0, 0.05) is 42.5 Å². The third kappa shape index (κ3) is 3.96. The fraction of sp³-hybridized carbons (Fsp3) is 0.480. The molecule has 1 saturated heterocycles. The van der Waals surface area contributed by atoms with Gasteiger partial charge in [0.1, 0.15) is 11.2 Å². The van der Waals surface area contributed by atoms with E-state index in [1.165, 1.54) is 5.56 Å². The minimum absolute atomic E-state index is 0.0327. The van der Waals surface area contributed by atoms with E-state index >= 15 is 0 Å². The van der Waals surface area contributed by atoms with Gasteiger partial charge in [0.25, 0.3) is 5.89 Å². The molecule has 3 aromatic rings. The van der Waals surface area contributed by atoms with Crippen LogP contribution in [0, 0.1) is 12.8 Å². The number of pyridine rings is 1. The number of hydrogen-bond acceptors (Lipinski definition) is 7. The summed E-state index contributed by atoms with van der Waals surface area (Å²) in [5.74, 6) is 0.912. The number of benzene rings is 1. The molecule has 0 amide bonds. The highest BCUT2D eigenvalue weighted by atomic mass is 16.5. The highest BCUT2D eigenvalue weighted by Crippen LogP contribution is 2.43. The van der Waals surface area contributed by atoms with E-state index in [1.807, 2.05) is 6.07 Å². The van der Waals surface area contributed by atoms with Gasteiger partial charge in [-0.1, -0.05) is 37.2 Å². The van der Waals surface area contributed by atoms with Gasteiger partial charge in [-0.25, -0.2) is 0 Å². The highest BCUT2D eigenvalue weighted by molar-refractivity contribution is 5.56. The molecule has 32 heavy (non-hydrogen) atoms. The molecular formula is C25H32N4O3. The maximum Gasteiger partial charge on any atom is 0.258 e. The van der Waals surface area contributed by atoms with Crippen LogP contribution in [0.4, 0.5) is 0 Å². The second-order valence-corrected chi connectivity index (χ2v) is 9.86. The predicted molar refractivity (Wildman–Crippen MR) is 122 cm³/mol. The Morgan fingerprint density at radius 3 is 2.41 bits per heavy atom. The standard InChI is InChI=1S/C25H32N4O3/c1-15(2)17-7-8-21(16(3)9-17)25(31,20-13-29(6)14-20)19-10-18(11-26-12-19)22-27-23(32-28-22)24(4,5)30/h7-12,15,20,30-31H,13-14H2,1-6H3/t25-/m0/s1. The molecule has 2 aromatic heterocycles. The second kappa shape index (κ2) is 8.06. The Morgan fingerprint density at radius 2 is 1.84 bits per heavy atom. The first-order chi connectivity index (χ1) is 15.0. The summed E-state index contributed by atoms with van der Waals surface area (Å²) in [6, 6.07) is 8.20. The smallest absolute Gasteiger partial charge is 0.258 e. The Balaban J connectivity index is 1.80. The van der Waals surface area contributed by atoms with Crippen molar-refractivity contribution in [2.24, 2.45) is 5.92 Å². The topological polar surface area (TPSA) is 95.5 Å². The molecular weight excluding hydrogens is 404 g/mol. The van der Waals surface area contributed by atoms with Crippen molar-refractivity contribution < 1.29 is 14.7 Å². The molecule has 1 aliphatic rings. The van der Waals surface area contributed by atoms with Gasteiger partial charge in [0.05, 0.1) is 0 Å². The molecule has 1 aliphatic heterocycles. The summed E-state index contributed by atoms with van der Waals surface area (Å²) in [5, 5.41) is 26.4. The van der Waals surface area contributed by atoms with E-state index in [2.05, 4.69) is 66.0 Å². The van der Waals surface area contributed by atoms with Crippen LogP contribution in [0.5, 0.6) is 0 Å². The van der Waals surface area contributed by atoms with Crippen LogP contribution in [-0.2, 0) is 11.2 Å². The molecule has 170 valence electrons. The summed E-state index contributed by atoms with van der Waals surface area (Å²) in [6.45, 7) is 11.2. The summed E-state index contributed by atoms with van der Waals surface area (Å²) in [7, 11) is 2.05. The van der Waals surface area contributed by atoms with Crippen molar-refractivity contribution in [2.45, 2.75) is 51.7 Å². The highest BCUT2D eigenvalue weighted by Gasteiger charge is 2.46. The molecule has 1 atom stereocenters. The predicted octanol–water partition coefficient (Wildman–Crippen LogP) is 3.59. The van der Waals surface area contributed by atoms with Gasteiger partial charge in [-0.15, -0.1) is 0 Å². The lowest BCUT2D eigenvalue weighted by atomic mass is 9.71. The van der Waals surface area contributed by atoms with Gasteiger partial charge in [-0.3, -0.25) is 4.98 Å². The largest absolute Gasteiger partial charge is 0.381 e. The molecule has 1 fully saturated rings. The summed E-state index contributed by atoms with van der Waals surface area (Å²) in [5.41, 5.74) is 2.09. The van der Waals surface area contributed by atoms with Gasteiger partial charge in [0.2, 0.25) is 5.82 Å². The molecule has 0 aliphatic carbocycles. The van der Waals surface area contributed by atoms with Crippen LogP contribution >= 0.6 is 0 Å². The zero-order valence-electron chi connectivity index (χ0n) is 19.6. The third-order valence-corrected chi connectivity index (χ3v) is 6.37. The molecule has 0 saturated carbocycles. The van der Waals surface area contributed by atoms with Gasteiger partial charge >= 0.3 is 0 Å². The number of aryl methyl sites for hydroxylation is 1. The van der Waals surface area contributed by atoms with Crippen molar-refractivity contribution in [1.29, 1.82) is 0 Å². The Labute approximate surface area is 189 Å². The monoisotopic (exact) mass is 436 g/mol. The SMILES string of the molecule is Cc1cc(C(C)C)ccc1[C@](O)(c1cncc(-c2noc(C(C)(C)O)n2)c1)C1CN(C)C1. The van der Waals surface area contributed by atoms with Crippen LogP contribution in [0.2, 0.25) is 0 Å². The van der Waals surface area contributed by atoms with Crippen molar-refractivity contribution in [3.05, 3.63) is 64.8 Å². The van der Waals surface area contributed by atoms with E-state index in [0.717, 1.165) is 24.2 Å². The molecule has 4 rings (SSSR count). The van der Waals surface area contributed by atoms with E-state index in [4.69, 9.17) is 4.52 Å². The number of hydrogen-bond donors (Lipinski definition) is 2. The third-order valence-electron chi connectivity index (χ3n) is 6.37. The fourth-order valence-corrected chi connectivity index (χ4v) is 4.41. The molecule has 0 bridgehead atoms. The van der Waals surface area contributed by atoms with Crippen LogP contribution in [0.25, 0.3) is 11.4 Å². The van der Waals surface area contributed by atoms with E-state index in [1.54, 1.807) is 26.2 Å². The molecule has 0 unspecified atom stereocenters. The maximum absolute atomic E-state index is 12.2. The molecule has 7 heteroatoms. The Hall–Kier alpha value is -2.61. The second-order valence-electron chi connectivity index (χ2n) is 9.86. The average molecular weight is 437 g/mol. The number of aliphatic hydroxyl groups is 2. The van der Waals surface area contributed by atoms with E-state index in [9.17, 15) is 10.2 Å². The lowest BCUT2D eigenvalue weighted by Gasteiger charge is -2.47. The molecule has 1 aromatic carbocycles. The number of likely N-dealkylation sites (tertiary alicyclic amines) is 1. The van der Waals surface area contributed by atoms with Gasteiger partial charge < -0.3 is 19.6 Å². The zero-order valence-corrected chi connectivity index (χ0v) is 19.6. The van der Waals surface area contributed by atoms with Crippen LogP contribution < -0.4 is 0 Å². The lowest BCUT2D eigenvalue weighted by Crippen LogP contribution is -2.55. The van der Waals surface area contributed by atoms with Gasteiger partial charge in [-0.2, -0.15) is 4.98 Å². The first-order valence-electron chi connectivity index (χ1n) is 11.0. The Morgan fingerprint density at radius 1 is 1.12 bits per heavy atom. The lowest BCUT2D eigenvalue weighted by molar-refractivity contribution is -0.0552. The maximum atomic E-state index is 12.2. The molecule has 2 N–H and O–H groups in total. The number of nitrogens with zero attached hydrogens (tertiary/aromatic N) is 4. The van der Waals surface area contributed by atoms with E-state index in [-0.39, 0.29) is 11.8 Å². The minimum Gasteiger partial charge on any atom is -0.381 e. The molecule has 0 spiro atoms. The number of aromatic nitrogens is 3. The fourth-order valence-electron chi connectivity index (χ4n) is 4.41. The van der Waals surface area contributed by atoms with Crippen molar-refractivity contribution in [3.63, 3.8) is 0 Å².